The minimum atomic E-state index is -0.244. The predicted octanol–water partition coefficient (Wildman–Crippen LogP) is 3.47. The SMILES string of the molecule is CCc1cccc(C)c1NCC(=O)NCCc1ccc(F)cc1. The summed E-state index contributed by atoms with van der Waals surface area (Å²) in [4.78, 5) is 11.9. The van der Waals surface area contributed by atoms with Gasteiger partial charge in [0.15, 0.2) is 0 Å². The second-order valence-corrected chi connectivity index (χ2v) is 5.54. The van der Waals surface area contributed by atoms with Crippen molar-refractivity contribution in [2.75, 3.05) is 18.4 Å². The van der Waals surface area contributed by atoms with Crippen molar-refractivity contribution in [3.8, 4) is 0 Å². The summed E-state index contributed by atoms with van der Waals surface area (Å²) in [6.07, 6.45) is 1.62. The van der Waals surface area contributed by atoms with Crippen LogP contribution in [0.1, 0.15) is 23.6 Å². The lowest BCUT2D eigenvalue weighted by atomic mass is 10.1. The van der Waals surface area contributed by atoms with E-state index >= 15 is 0 Å². The van der Waals surface area contributed by atoms with Crippen molar-refractivity contribution in [2.24, 2.45) is 0 Å². The van der Waals surface area contributed by atoms with Gasteiger partial charge < -0.3 is 10.6 Å². The summed E-state index contributed by atoms with van der Waals surface area (Å²) in [6, 6.07) is 12.5. The van der Waals surface area contributed by atoms with Crippen molar-refractivity contribution in [3.05, 3.63) is 65.0 Å². The molecule has 2 aromatic rings. The quantitative estimate of drug-likeness (QED) is 0.821. The van der Waals surface area contributed by atoms with Gasteiger partial charge in [0.1, 0.15) is 5.82 Å². The zero-order valence-electron chi connectivity index (χ0n) is 13.7. The Morgan fingerprint density at radius 1 is 1.13 bits per heavy atom. The van der Waals surface area contributed by atoms with E-state index in [4.69, 9.17) is 0 Å². The molecule has 4 heteroatoms. The molecule has 0 saturated carbocycles. The molecule has 0 aliphatic carbocycles. The molecule has 0 atom stereocenters. The summed E-state index contributed by atoms with van der Waals surface area (Å²) in [6.45, 7) is 4.93. The van der Waals surface area contributed by atoms with E-state index in [1.54, 1.807) is 12.1 Å². The minimum absolute atomic E-state index is 0.0441. The molecule has 0 aliphatic rings. The molecule has 0 spiro atoms. The first-order valence-corrected chi connectivity index (χ1v) is 7.93. The van der Waals surface area contributed by atoms with E-state index in [0.29, 0.717) is 13.0 Å². The Morgan fingerprint density at radius 2 is 1.87 bits per heavy atom. The van der Waals surface area contributed by atoms with Crippen molar-refractivity contribution in [3.63, 3.8) is 0 Å². The Morgan fingerprint density at radius 3 is 2.57 bits per heavy atom. The number of anilines is 1. The normalized spacial score (nSPS) is 10.4. The van der Waals surface area contributed by atoms with Crippen LogP contribution in [-0.2, 0) is 17.6 Å². The Bertz CT molecular complexity index is 653. The van der Waals surface area contributed by atoms with Gasteiger partial charge >= 0.3 is 0 Å². The van der Waals surface area contributed by atoms with Gasteiger partial charge in [-0.3, -0.25) is 4.79 Å². The average Bonchev–Trinajstić information content (AvgIpc) is 2.55. The second kappa shape index (κ2) is 8.32. The highest BCUT2D eigenvalue weighted by atomic mass is 19.1. The number of benzene rings is 2. The lowest BCUT2D eigenvalue weighted by molar-refractivity contribution is -0.119. The van der Waals surface area contributed by atoms with Gasteiger partial charge in [-0.15, -0.1) is 0 Å². The van der Waals surface area contributed by atoms with Crippen LogP contribution in [0.25, 0.3) is 0 Å². The van der Waals surface area contributed by atoms with Gasteiger partial charge in [-0.2, -0.15) is 0 Å². The largest absolute Gasteiger partial charge is 0.376 e. The van der Waals surface area contributed by atoms with Gasteiger partial charge in [-0.1, -0.05) is 37.3 Å². The molecule has 0 unspecified atom stereocenters. The molecule has 0 radical (unpaired) electrons. The van der Waals surface area contributed by atoms with Crippen molar-refractivity contribution >= 4 is 11.6 Å². The van der Waals surface area contributed by atoms with Gasteiger partial charge in [0, 0.05) is 12.2 Å². The van der Waals surface area contributed by atoms with Crippen LogP contribution in [0.5, 0.6) is 0 Å². The number of hydrogen-bond donors (Lipinski definition) is 2. The van der Waals surface area contributed by atoms with Crippen molar-refractivity contribution < 1.29 is 9.18 Å². The summed E-state index contributed by atoms with van der Waals surface area (Å²) in [5.41, 5.74) is 4.41. The first-order valence-electron chi connectivity index (χ1n) is 7.93. The third kappa shape index (κ3) is 5.09. The fraction of sp³-hybridized carbons (Fsp3) is 0.316. The van der Waals surface area contributed by atoms with Crippen LogP contribution in [0.2, 0.25) is 0 Å². The maximum absolute atomic E-state index is 12.8. The zero-order chi connectivity index (χ0) is 16.7. The highest BCUT2D eigenvalue weighted by molar-refractivity contribution is 5.81. The molecule has 0 fully saturated rings. The van der Waals surface area contributed by atoms with Crippen LogP contribution in [0, 0.1) is 12.7 Å². The summed E-state index contributed by atoms with van der Waals surface area (Å²) in [7, 11) is 0. The highest BCUT2D eigenvalue weighted by Crippen LogP contribution is 2.20. The van der Waals surface area contributed by atoms with Gasteiger partial charge in [-0.25, -0.2) is 4.39 Å². The molecular formula is C19H23FN2O. The van der Waals surface area contributed by atoms with Crippen molar-refractivity contribution in [1.82, 2.24) is 5.32 Å². The molecule has 0 aromatic heterocycles. The number of hydrogen-bond acceptors (Lipinski definition) is 2. The lowest BCUT2D eigenvalue weighted by Gasteiger charge is -2.14. The minimum Gasteiger partial charge on any atom is -0.376 e. The Hall–Kier alpha value is -2.36. The first kappa shape index (κ1) is 17.0. The van der Waals surface area contributed by atoms with E-state index in [1.807, 2.05) is 19.1 Å². The van der Waals surface area contributed by atoms with Crippen LogP contribution in [0.4, 0.5) is 10.1 Å². The molecule has 122 valence electrons. The molecular weight excluding hydrogens is 291 g/mol. The summed E-state index contributed by atoms with van der Waals surface area (Å²) >= 11 is 0. The number of halogens is 1. The standard InChI is InChI=1S/C19H23FN2O/c1-3-16-6-4-5-14(2)19(16)22-13-18(23)21-12-11-15-7-9-17(20)10-8-15/h4-10,22H,3,11-13H2,1-2H3,(H,21,23). The van der Waals surface area contributed by atoms with Crippen LogP contribution in [-0.4, -0.2) is 19.0 Å². The van der Waals surface area contributed by atoms with Gasteiger partial charge in [0.05, 0.1) is 6.54 Å². The number of rotatable bonds is 7. The second-order valence-electron chi connectivity index (χ2n) is 5.54. The van der Waals surface area contributed by atoms with Gasteiger partial charge in [-0.05, 0) is 48.6 Å². The predicted molar refractivity (Wildman–Crippen MR) is 92.2 cm³/mol. The molecule has 3 nitrogen and oxygen atoms in total. The van der Waals surface area contributed by atoms with E-state index in [9.17, 15) is 9.18 Å². The summed E-state index contributed by atoms with van der Waals surface area (Å²) in [5, 5.41) is 6.10. The Labute approximate surface area is 136 Å². The summed E-state index contributed by atoms with van der Waals surface area (Å²) < 4.78 is 12.8. The number of nitrogens with one attached hydrogen (secondary N) is 2. The van der Waals surface area contributed by atoms with Crippen LogP contribution < -0.4 is 10.6 Å². The monoisotopic (exact) mass is 314 g/mol. The molecule has 0 bridgehead atoms. The van der Waals surface area contributed by atoms with Crippen LogP contribution >= 0.6 is 0 Å². The molecule has 1 amide bonds. The lowest BCUT2D eigenvalue weighted by Crippen LogP contribution is -2.31. The number of carbonyl (C=O) groups excluding carboxylic acids is 1. The van der Waals surface area contributed by atoms with E-state index in [-0.39, 0.29) is 18.3 Å². The zero-order valence-corrected chi connectivity index (χ0v) is 13.7. The number of aryl methyl sites for hydroxylation is 2. The first-order chi connectivity index (χ1) is 11.1. The molecule has 2 aromatic carbocycles. The Balaban J connectivity index is 1.78. The maximum atomic E-state index is 12.8. The molecule has 0 saturated heterocycles. The smallest absolute Gasteiger partial charge is 0.239 e. The topological polar surface area (TPSA) is 41.1 Å². The fourth-order valence-corrected chi connectivity index (χ4v) is 2.50. The van der Waals surface area contributed by atoms with Gasteiger partial charge in [0.2, 0.25) is 5.91 Å². The molecule has 0 heterocycles. The van der Waals surface area contributed by atoms with E-state index in [1.165, 1.54) is 17.7 Å². The maximum Gasteiger partial charge on any atom is 0.239 e. The molecule has 0 aliphatic heterocycles. The Kier molecular flexibility index (Phi) is 6.15. The van der Waals surface area contributed by atoms with Crippen LogP contribution in [0.3, 0.4) is 0 Å². The van der Waals surface area contributed by atoms with Gasteiger partial charge in [0.25, 0.3) is 0 Å². The molecule has 23 heavy (non-hydrogen) atoms. The number of amides is 1. The van der Waals surface area contributed by atoms with Crippen LogP contribution in [0.15, 0.2) is 42.5 Å². The number of carbonyl (C=O) groups is 1. The number of para-hydroxylation sites is 1. The van der Waals surface area contributed by atoms with E-state index < -0.39 is 0 Å². The van der Waals surface area contributed by atoms with E-state index in [2.05, 4.69) is 23.6 Å². The average molecular weight is 314 g/mol. The molecule has 2 N–H and O–H groups in total. The third-order valence-electron chi connectivity index (χ3n) is 3.81. The highest BCUT2D eigenvalue weighted by Gasteiger charge is 2.06. The summed E-state index contributed by atoms with van der Waals surface area (Å²) in [5.74, 6) is -0.288. The van der Waals surface area contributed by atoms with Crippen molar-refractivity contribution in [2.45, 2.75) is 26.7 Å². The van der Waals surface area contributed by atoms with E-state index in [0.717, 1.165) is 23.2 Å². The van der Waals surface area contributed by atoms with Crippen molar-refractivity contribution in [1.29, 1.82) is 0 Å². The third-order valence-corrected chi connectivity index (χ3v) is 3.81. The fourth-order valence-electron chi connectivity index (χ4n) is 2.50. The molecule has 2 rings (SSSR count).